The van der Waals surface area contributed by atoms with Gasteiger partial charge in [0.1, 0.15) is 17.3 Å². The maximum atomic E-state index is 13.8. The number of alkyl halides is 3. The van der Waals surface area contributed by atoms with E-state index < -0.39 is 53.4 Å². The second-order valence-electron chi connectivity index (χ2n) is 7.35. The number of carbonyl (C=O) groups excluding carboxylic acids is 1. The Kier molecular flexibility index (Phi) is 4.60. The molecule has 2 aromatic rings. The summed E-state index contributed by atoms with van der Waals surface area (Å²) in [5.74, 6) is -3.73. The fourth-order valence-electron chi connectivity index (χ4n) is 4.15. The number of aromatic nitrogens is 2. The minimum absolute atomic E-state index is 0.0994. The molecule has 2 aliphatic rings. The first-order valence-corrected chi connectivity index (χ1v) is 8.89. The first kappa shape index (κ1) is 19.7. The molecule has 3 unspecified atom stereocenters. The van der Waals surface area contributed by atoms with Crippen molar-refractivity contribution in [2.75, 3.05) is 6.54 Å². The average molecular weight is 418 g/mol. The van der Waals surface area contributed by atoms with Crippen LogP contribution < -0.4 is 5.73 Å². The molecular formula is C18H16F6N4O. The molecule has 2 bridgehead atoms. The molecule has 11 heteroatoms. The van der Waals surface area contributed by atoms with Crippen LogP contribution in [0.5, 0.6) is 0 Å². The average Bonchev–Trinajstić information content (AvgIpc) is 3.30. The van der Waals surface area contributed by atoms with Gasteiger partial charge >= 0.3 is 6.18 Å². The molecule has 5 nitrogen and oxygen atoms in total. The summed E-state index contributed by atoms with van der Waals surface area (Å²) in [5.41, 5.74) is 4.89. The number of rotatable bonds is 4. The van der Waals surface area contributed by atoms with Crippen molar-refractivity contribution >= 4 is 5.91 Å². The molecule has 3 heterocycles. The molecule has 1 aromatic heterocycles. The van der Waals surface area contributed by atoms with E-state index in [-0.39, 0.29) is 30.8 Å². The lowest BCUT2D eigenvalue weighted by molar-refractivity contribution is -0.144. The molecule has 0 radical (unpaired) electrons. The van der Waals surface area contributed by atoms with E-state index in [4.69, 9.17) is 5.73 Å². The summed E-state index contributed by atoms with van der Waals surface area (Å²) in [6.07, 6.45) is -3.83. The van der Waals surface area contributed by atoms with Gasteiger partial charge in [0, 0.05) is 25.1 Å². The molecule has 1 amide bonds. The normalized spacial score (nSPS) is 21.6. The van der Waals surface area contributed by atoms with Crippen molar-refractivity contribution < 1.29 is 31.1 Å². The zero-order chi connectivity index (χ0) is 21.1. The molecule has 0 saturated carbocycles. The standard InChI is InChI=1S/C18H16F6N4O/c19-11-5-13(21)12(20)2-8(11)1-9(25)3-16(29)27-7-10-4-14(27)17-26-6-15(28(10)17)18(22,23)24/h2,5-6,9-10,14H,1,3-4,7,25H2. The highest BCUT2D eigenvalue weighted by atomic mass is 19.4. The van der Waals surface area contributed by atoms with Crippen LogP contribution >= 0.6 is 0 Å². The van der Waals surface area contributed by atoms with Crippen molar-refractivity contribution in [3.05, 3.63) is 52.9 Å². The van der Waals surface area contributed by atoms with Crippen LogP contribution in [0.4, 0.5) is 26.3 Å². The van der Waals surface area contributed by atoms with Crippen LogP contribution in [0.15, 0.2) is 18.3 Å². The fourth-order valence-corrected chi connectivity index (χ4v) is 4.15. The fraction of sp³-hybridized carbons (Fsp3) is 0.444. The van der Waals surface area contributed by atoms with E-state index in [1.54, 1.807) is 0 Å². The summed E-state index contributed by atoms with van der Waals surface area (Å²) in [6.45, 7) is 0.0994. The van der Waals surface area contributed by atoms with Gasteiger partial charge in [-0.1, -0.05) is 0 Å². The molecule has 1 saturated heterocycles. The van der Waals surface area contributed by atoms with Gasteiger partial charge in [-0.25, -0.2) is 18.2 Å². The van der Waals surface area contributed by atoms with E-state index in [1.165, 1.54) is 4.90 Å². The van der Waals surface area contributed by atoms with Crippen LogP contribution in [0.2, 0.25) is 0 Å². The van der Waals surface area contributed by atoms with Crippen molar-refractivity contribution in [2.24, 2.45) is 5.73 Å². The number of nitrogens with zero attached hydrogens (tertiary/aromatic N) is 3. The lowest BCUT2D eigenvalue weighted by atomic mass is 10.0. The highest BCUT2D eigenvalue weighted by molar-refractivity contribution is 5.78. The Hall–Kier alpha value is -2.56. The predicted octanol–water partition coefficient (Wildman–Crippen LogP) is 3.11. The monoisotopic (exact) mass is 418 g/mol. The Balaban J connectivity index is 1.44. The van der Waals surface area contributed by atoms with Gasteiger partial charge in [-0.2, -0.15) is 13.2 Å². The Morgan fingerprint density at radius 2 is 1.90 bits per heavy atom. The van der Waals surface area contributed by atoms with Crippen LogP contribution in [0.25, 0.3) is 0 Å². The lowest BCUT2D eigenvalue weighted by Gasteiger charge is -2.29. The van der Waals surface area contributed by atoms with E-state index in [2.05, 4.69) is 4.98 Å². The van der Waals surface area contributed by atoms with Gasteiger partial charge in [0.05, 0.1) is 18.3 Å². The van der Waals surface area contributed by atoms with E-state index >= 15 is 0 Å². The van der Waals surface area contributed by atoms with Gasteiger partial charge in [-0.05, 0) is 24.5 Å². The third-order valence-corrected chi connectivity index (χ3v) is 5.39. The molecule has 29 heavy (non-hydrogen) atoms. The maximum Gasteiger partial charge on any atom is 0.433 e. The highest BCUT2D eigenvalue weighted by Crippen LogP contribution is 2.48. The first-order chi connectivity index (χ1) is 13.6. The predicted molar refractivity (Wildman–Crippen MR) is 87.9 cm³/mol. The second-order valence-corrected chi connectivity index (χ2v) is 7.35. The van der Waals surface area contributed by atoms with Crippen LogP contribution in [-0.2, 0) is 17.4 Å². The molecule has 2 aliphatic heterocycles. The van der Waals surface area contributed by atoms with Gasteiger partial charge in [0.25, 0.3) is 0 Å². The van der Waals surface area contributed by atoms with Gasteiger partial charge < -0.3 is 15.2 Å². The summed E-state index contributed by atoms with van der Waals surface area (Å²) in [7, 11) is 0. The summed E-state index contributed by atoms with van der Waals surface area (Å²) in [5, 5.41) is 0. The number of carbonyl (C=O) groups is 1. The quantitative estimate of drug-likeness (QED) is 0.613. The van der Waals surface area contributed by atoms with Gasteiger partial charge in [0.2, 0.25) is 5.91 Å². The topological polar surface area (TPSA) is 64.2 Å². The second kappa shape index (κ2) is 6.75. The summed E-state index contributed by atoms with van der Waals surface area (Å²) in [4.78, 5) is 17.9. The van der Waals surface area contributed by atoms with Gasteiger partial charge in [0.15, 0.2) is 11.6 Å². The molecule has 1 fully saturated rings. The number of imidazole rings is 1. The Morgan fingerprint density at radius 3 is 2.59 bits per heavy atom. The maximum absolute atomic E-state index is 13.8. The number of nitrogens with two attached hydrogens (primary N) is 1. The molecule has 4 rings (SSSR count). The lowest BCUT2D eigenvalue weighted by Crippen LogP contribution is -2.39. The van der Waals surface area contributed by atoms with E-state index in [1.807, 2.05) is 0 Å². The van der Waals surface area contributed by atoms with E-state index in [0.29, 0.717) is 18.6 Å². The zero-order valence-electron chi connectivity index (χ0n) is 14.9. The minimum Gasteiger partial charge on any atom is -0.330 e. The van der Waals surface area contributed by atoms with Crippen LogP contribution in [0, 0.1) is 17.5 Å². The van der Waals surface area contributed by atoms with E-state index in [0.717, 1.165) is 10.8 Å². The number of fused-ring (bicyclic) bond motifs is 5. The largest absolute Gasteiger partial charge is 0.433 e. The Morgan fingerprint density at radius 1 is 1.21 bits per heavy atom. The summed E-state index contributed by atoms with van der Waals surface area (Å²) >= 11 is 0. The number of likely N-dealkylation sites (tertiary alicyclic amines) is 1. The van der Waals surface area contributed by atoms with Crippen molar-refractivity contribution in [1.29, 1.82) is 0 Å². The first-order valence-electron chi connectivity index (χ1n) is 8.89. The number of amides is 1. The SMILES string of the molecule is NC(CC(=O)N1CC2CC1c1ncc(C(F)(F)F)n12)Cc1cc(F)c(F)cc1F. The Labute approximate surface area is 161 Å². The third kappa shape index (κ3) is 3.37. The summed E-state index contributed by atoms with van der Waals surface area (Å²) < 4.78 is 80.4. The van der Waals surface area contributed by atoms with Crippen LogP contribution in [0.3, 0.4) is 0 Å². The number of benzene rings is 1. The van der Waals surface area contributed by atoms with Crippen LogP contribution in [0.1, 0.15) is 42.0 Å². The molecule has 2 N–H and O–H groups in total. The van der Waals surface area contributed by atoms with E-state index in [9.17, 15) is 31.1 Å². The number of hydrogen-bond acceptors (Lipinski definition) is 3. The van der Waals surface area contributed by atoms with Gasteiger partial charge in [-0.15, -0.1) is 0 Å². The van der Waals surface area contributed by atoms with Crippen molar-refractivity contribution in [3.63, 3.8) is 0 Å². The van der Waals surface area contributed by atoms with Crippen molar-refractivity contribution in [3.8, 4) is 0 Å². The number of hydrogen-bond donors (Lipinski definition) is 1. The molecular weight excluding hydrogens is 402 g/mol. The summed E-state index contributed by atoms with van der Waals surface area (Å²) in [6, 6.07) is -0.848. The minimum atomic E-state index is -4.53. The number of halogens is 6. The van der Waals surface area contributed by atoms with Crippen LogP contribution in [-0.4, -0.2) is 32.9 Å². The molecule has 3 atom stereocenters. The molecule has 156 valence electrons. The van der Waals surface area contributed by atoms with Crippen molar-refractivity contribution in [1.82, 2.24) is 14.5 Å². The molecule has 0 aliphatic carbocycles. The van der Waals surface area contributed by atoms with Crippen molar-refractivity contribution in [2.45, 2.75) is 43.6 Å². The molecule has 0 spiro atoms. The van der Waals surface area contributed by atoms with Gasteiger partial charge in [-0.3, -0.25) is 4.79 Å². The third-order valence-electron chi connectivity index (χ3n) is 5.39. The highest BCUT2D eigenvalue weighted by Gasteiger charge is 2.50. The zero-order valence-corrected chi connectivity index (χ0v) is 14.9. The Bertz CT molecular complexity index is 972. The smallest absolute Gasteiger partial charge is 0.330 e. The molecule has 1 aromatic carbocycles.